The Kier molecular flexibility index (Phi) is 3.81. The molecule has 0 bridgehead atoms. The summed E-state index contributed by atoms with van der Waals surface area (Å²) in [6.45, 7) is 4.13. The lowest BCUT2D eigenvalue weighted by atomic mass is 9.78. The van der Waals surface area contributed by atoms with Crippen molar-refractivity contribution in [1.82, 2.24) is 10.1 Å². The van der Waals surface area contributed by atoms with Crippen molar-refractivity contribution in [3.8, 4) is 0 Å². The molecule has 1 aliphatic carbocycles. The summed E-state index contributed by atoms with van der Waals surface area (Å²) in [5.74, 6) is 1.65. The van der Waals surface area contributed by atoms with Crippen LogP contribution in [0.1, 0.15) is 62.9 Å². The predicted octanol–water partition coefficient (Wildman–Crippen LogP) is 3.59. The molecule has 0 aliphatic heterocycles. The molecule has 4 heteroatoms. The molecule has 1 aromatic carbocycles. The van der Waals surface area contributed by atoms with Crippen LogP contribution < -0.4 is 5.73 Å². The fraction of sp³-hybridized carbons (Fsp3) is 0.529. The molecular formula is C17H23N3O. The van der Waals surface area contributed by atoms with E-state index in [4.69, 9.17) is 10.3 Å². The molecule has 21 heavy (non-hydrogen) atoms. The van der Waals surface area contributed by atoms with Crippen LogP contribution in [0.3, 0.4) is 0 Å². The molecular weight excluding hydrogens is 262 g/mol. The number of hydrogen-bond acceptors (Lipinski definition) is 4. The molecule has 1 heterocycles. The Balaban J connectivity index is 1.99. The van der Waals surface area contributed by atoms with Gasteiger partial charge in [-0.25, -0.2) is 0 Å². The Morgan fingerprint density at radius 1 is 1.14 bits per heavy atom. The van der Waals surface area contributed by atoms with Gasteiger partial charge in [0.25, 0.3) is 0 Å². The minimum atomic E-state index is -0.194. The van der Waals surface area contributed by atoms with Crippen molar-refractivity contribution in [3.63, 3.8) is 0 Å². The van der Waals surface area contributed by atoms with Gasteiger partial charge in [-0.2, -0.15) is 4.98 Å². The van der Waals surface area contributed by atoms with Crippen molar-refractivity contribution in [3.05, 3.63) is 47.6 Å². The largest absolute Gasteiger partial charge is 0.338 e. The zero-order valence-corrected chi connectivity index (χ0v) is 12.7. The topological polar surface area (TPSA) is 64.9 Å². The third-order valence-electron chi connectivity index (χ3n) is 4.66. The summed E-state index contributed by atoms with van der Waals surface area (Å²) in [7, 11) is 0. The number of rotatable bonds is 4. The maximum Gasteiger partial charge on any atom is 0.243 e. The number of nitrogens with two attached hydrogens (primary N) is 1. The first-order valence-corrected chi connectivity index (χ1v) is 7.79. The van der Waals surface area contributed by atoms with Crippen LogP contribution in [0.15, 0.2) is 34.9 Å². The Morgan fingerprint density at radius 3 is 2.43 bits per heavy atom. The number of aromatic nitrogens is 2. The Hall–Kier alpha value is -1.68. The number of hydrogen-bond donors (Lipinski definition) is 1. The summed E-state index contributed by atoms with van der Waals surface area (Å²) in [5, 5.41) is 4.28. The van der Waals surface area contributed by atoms with Gasteiger partial charge in [-0.15, -0.1) is 0 Å². The van der Waals surface area contributed by atoms with Crippen molar-refractivity contribution in [2.45, 2.75) is 51.0 Å². The normalized spacial score (nSPS) is 19.0. The zero-order chi connectivity index (χ0) is 14.9. The highest BCUT2D eigenvalue weighted by molar-refractivity contribution is 5.33. The van der Waals surface area contributed by atoms with E-state index in [9.17, 15) is 0 Å². The molecule has 2 N–H and O–H groups in total. The van der Waals surface area contributed by atoms with E-state index >= 15 is 0 Å². The first kappa shape index (κ1) is 14.3. The molecule has 1 aromatic heterocycles. The first-order chi connectivity index (χ1) is 10.1. The van der Waals surface area contributed by atoms with Crippen LogP contribution in [0.2, 0.25) is 0 Å². The van der Waals surface area contributed by atoms with Gasteiger partial charge in [0, 0.05) is 0 Å². The predicted molar refractivity (Wildman–Crippen MR) is 81.8 cm³/mol. The molecule has 2 aromatic rings. The smallest absolute Gasteiger partial charge is 0.243 e. The maximum atomic E-state index is 6.14. The van der Waals surface area contributed by atoms with Crippen LogP contribution >= 0.6 is 0 Å². The van der Waals surface area contributed by atoms with Crippen LogP contribution in [-0.2, 0) is 5.41 Å². The van der Waals surface area contributed by atoms with Gasteiger partial charge >= 0.3 is 0 Å². The van der Waals surface area contributed by atoms with Crippen LogP contribution in [0.4, 0.5) is 0 Å². The highest BCUT2D eigenvalue weighted by atomic mass is 16.5. The Morgan fingerprint density at radius 2 is 1.81 bits per heavy atom. The van der Waals surface area contributed by atoms with Gasteiger partial charge in [0.05, 0.1) is 11.5 Å². The number of nitrogens with zero attached hydrogens (tertiary/aromatic N) is 2. The summed E-state index contributed by atoms with van der Waals surface area (Å²) < 4.78 is 5.46. The van der Waals surface area contributed by atoms with E-state index in [0.29, 0.717) is 5.89 Å². The fourth-order valence-corrected chi connectivity index (χ4v) is 3.23. The van der Waals surface area contributed by atoms with Crippen LogP contribution in [0.5, 0.6) is 0 Å². The first-order valence-electron chi connectivity index (χ1n) is 7.79. The lowest BCUT2D eigenvalue weighted by Gasteiger charge is -2.25. The quantitative estimate of drug-likeness (QED) is 0.932. The standard InChI is InChI=1S/C17H23N3O/c1-12(2)14(18)15-19-16(20-21-15)17(10-6-7-11-17)13-8-4-3-5-9-13/h3-5,8-9,12,14H,6-7,10-11,18H2,1-2H3/t14-/m1/s1. The van der Waals surface area contributed by atoms with E-state index in [0.717, 1.165) is 18.7 Å². The van der Waals surface area contributed by atoms with Crippen molar-refractivity contribution in [2.24, 2.45) is 11.7 Å². The van der Waals surface area contributed by atoms with Gasteiger partial charge in [-0.3, -0.25) is 0 Å². The molecule has 1 saturated carbocycles. The highest BCUT2D eigenvalue weighted by Crippen LogP contribution is 2.45. The SMILES string of the molecule is CC(C)[C@@H](N)c1nc(C2(c3ccccc3)CCCC2)no1. The average Bonchev–Trinajstić information content (AvgIpc) is 3.17. The van der Waals surface area contributed by atoms with E-state index in [2.05, 4.69) is 48.3 Å². The summed E-state index contributed by atoms with van der Waals surface area (Å²) in [4.78, 5) is 4.66. The molecule has 0 saturated heterocycles. The third-order valence-corrected chi connectivity index (χ3v) is 4.66. The molecule has 1 aliphatic rings. The minimum absolute atomic E-state index is 0.0975. The lowest BCUT2D eigenvalue weighted by Crippen LogP contribution is -2.26. The van der Waals surface area contributed by atoms with Gasteiger partial charge in [-0.1, -0.05) is 62.2 Å². The van der Waals surface area contributed by atoms with E-state index < -0.39 is 0 Å². The second kappa shape index (κ2) is 5.60. The van der Waals surface area contributed by atoms with Crippen LogP contribution in [0.25, 0.3) is 0 Å². The lowest BCUT2D eigenvalue weighted by molar-refractivity contribution is 0.317. The molecule has 0 radical (unpaired) electrons. The second-order valence-electron chi connectivity index (χ2n) is 6.38. The van der Waals surface area contributed by atoms with Gasteiger partial charge in [0.2, 0.25) is 5.89 Å². The van der Waals surface area contributed by atoms with Gasteiger partial charge < -0.3 is 10.3 Å². The van der Waals surface area contributed by atoms with E-state index in [-0.39, 0.29) is 17.4 Å². The van der Waals surface area contributed by atoms with Gasteiger partial charge in [-0.05, 0) is 24.3 Å². The Labute approximate surface area is 125 Å². The highest BCUT2D eigenvalue weighted by Gasteiger charge is 2.41. The van der Waals surface area contributed by atoms with Crippen molar-refractivity contribution < 1.29 is 4.52 Å². The zero-order valence-electron chi connectivity index (χ0n) is 12.7. The van der Waals surface area contributed by atoms with E-state index in [1.165, 1.54) is 18.4 Å². The van der Waals surface area contributed by atoms with Crippen molar-refractivity contribution in [2.75, 3.05) is 0 Å². The molecule has 0 amide bonds. The fourth-order valence-electron chi connectivity index (χ4n) is 3.23. The monoisotopic (exact) mass is 285 g/mol. The summed E-state index contributed by atoms with van der Waals surface area (Å²) in [6, 6.07) is 10.4. The van der Waals surface area contributed by atoms with E-state index in [1.807, 2.05) is 6.07 Å². The van der Waals surface area contributed by atoms with Crippen molar-refractivity contribution >= 4 is 0 Å². The second-order valence-corrected chi connectivity index (χ2v) is 6.38. The molecule has 0 unspecified atom stereocenters. The molecule has 1 atom stereocenters. The molecule has 112 valence electrons. The Bertz CT molecular complexity index is 585. The average molecular weight is 285 g/mol. The van der Waals surface area contributed by atoms with E-state index in [1.54, 1.807) is 0 Å². The molecule has 3 rings (SSSR count). The van der Waals surface area contributed by atoms with Gasteiger partial charge in [0.15, 0.2) is 5.82 Å². The minimum Gasteiger partial charge on any atom is -0.338 e. The van der Waals surface area contributed by atoms with Crippen molar-refractivity contribution in [1.29, 1.82) is 0 Å². The molecule has 1 fully saturated rings. The number of benzene rings is 1. The van der Waals surface area contributed by atoms with Crippen LogP contribution in [-0.4, -0.2) is 10.1 Å². The summed E-state index contributed by atoms with van der Waals surface area (Å²) in [6.07, 6.45) is 4.56. The third kappa shape index (κ3) is 2.48. The van der Waals surface area contributed by atoms with Gasteiger partial charge in [0.1, 0.15) is 0 Å². The molecule has 0 spiro atoms. The molecule has 4 nitrogen and oxygen atoms in total. The summed E-state index contributed by atoms with van der Waals surface area (Å²) in [5.41, 5.74) is 7.32. The maximum absolute atomic E-state index is 6.14. The summed E-state index contributed by atoms with van der Waals surface area (Å²) >= 11 is 0. The van der Waals surface area contributed by atoms with Crippen LogP contribution in [0, 0.1) is 5.92 Å².